The molecular weight excluding hydrogens is 506 g/mol. The van der Waals surface area contributed by atoms with E-state index in [2.05, 4.69) is 6.58 Å². The lowest BCUT2D eigenvalue weighted by atomic mass is 9.77. The van der Waals surface area contributed by atoms with Gasteiger partial charge in [-0.1, -0.05) is 55.5 Å². The molecule has 0 aromatic heterocycles. The van der Waals surface area contributed by atoms with Crippen LogP contribution in [0.4, 0.5) is 8.78 Å². The van der Waals surface area contributed by atoms with Crippen LogP contribution in [0.3, 0.4) is 0 Å². The second kappa shape index (κ2) is 14.0. The maximum atomic E-state index is 15.3. The Balaban J connectivity index is 1.94. The third-order valence-electron chi connectivity index (χ3n) is 6.31. The molecule has 8 heteroatoms. The minimum absolute atomic E-state index is 0.0319. The Morgan fingerprint density at radius 2 is 1.51 bits per heavy atom. The molecule has 0 fully saturated rings. The molecule has 0 radical (unpaired) electrons. The van der Waals surface area contributed by atoms with E-state index in [1.54, 1.807) is 26.0 Å². The van der Waals surface area contributed by atoms with Crippen LogP contribution in [0.2, 0.25) is 0 Å². The summed E-state index contributed by atoms with van der Waals surface area (Å²) in [5.41, 5.74) is 0.641. The number of hydrogen-bond acceptors (Lipinski definition) is 5. The predicted molar refractivity (Wildman–Crippen MR) is 144 cm³/mol. The average molecular weight is 541 g/mol. The van der Waals surface area contributed by atoms with Crippen LogP contribution in [0.5, 0.6) is 0 Å². The molecule has 6 nitrogen and oxygen atoms in total. The van der Waals surface area contributed by atoms with Gasteiger partial charge in [-0.15, -0.1) is 0 Å². The third kappa shape index (κ3) is 7.28. The number of carbonyl (C=O) groups is 2. The fraction of sp³-hybridized carbons (Fsp3) is 0.355. The molecule has 0 saturated heterocycles. The van der Waals surface area contributed by atoms with Crippen molar-refractivity contribution in [2.24, 2.45) is 5.92 Å². The quantitative estimate of drug-likeness (QED) is 0.0959. The molecule has 0 amide bonds. The molecule has 0 heterocycles. The van der Waals surface area contributed by atoms with E-state index >= 15 is 8.78 Å². The topological polar surface area (TPSA) is 82.1 Å². The van der Waals surface area contributed by atoms with Gasteiger partial charge in [0.2, 0.25) is 5.79 Å². The van der Waals surface area contributed by atoms with Gasteiger partial charge in [-0.3, -0.25) is 4.79 Å². The first-order valence-corrected chi connectivity index (χ1v) is 13.0. The summed E-state index contributed by atoms with van der Waals surface area (Å²) in [5.74, 6) is -5.78. The van der Waals surface area contributed by atoms with E-state index in [4.69, 9.17) is 14.2 Å². The molecule has 2 aromatic rings. The zero-order chi connectivity index (χ0) is 28.4. The Kier molecular flexibility index (Phi) is 10.7. The highest BCUT2D eigenvalue weighted by atomic mass is 19.1. The van der Waals surface area contributed by atoms with Crippen LogP contribution in [0.25, 0.3) is 11.1 Å². The summed E-state index contributed by atoms with van der Waals surface area (Å²) in [4.78, 5) is 23.8. The maximum absolute atomic E-state index is 15.3. The summed E-state index contributed by atoms with van der Waals surface area (Å²) in [6.07, 6.45) is 5.71. The van der Waals surface area contributed by atoms with Gasteiger partial charge in [0, 0.05) is 28.9 Å². The molecule has 2 unspecified atom stereocenters. The zero-order valence-corrected chi connectivity index (χ0v) is 22.3. The van der Waals surface area contributed by atoms with Crippen molar-refractivity contribution in [3.05, 3.63) is 95.6 Å². The molecule has 1 aliphatic rings. The van der Waals surface area contributed by atoms with E-state index < -0.39 is 35.3 Å². The van der Waals surface area contributed by atoms with E-state index in [1.807, 2.05) is 0 Å². The van der Waals surface area contributed by atoms with E-state index in [0.29, 0.717) is 25.0 Å². The lowest BCUT2D eigenvalue weighted by Gasteiger charge is -2.39. The molecule has 1 N–H and O–H groups in total. The van der Waals surface area contributed by atoms with Crippen LogP contribution >= 0.6 is 0 Å². The SMILES string of the molecule is C=C(C)C(=O)OCCCCCCOC1(OCC)C=CC(C(=O)O)C(c2ccccc2F)=C1c1ccccc1F. The molecule has 0 spiro atoms. The fourth-order valence-corrected chi connectivity index (χ4v) is 4.50. The monoisotopic (exact) mass is 540 g/mol. The van der Waals surface area contributed by atoms with Gasteiger partial charge in [0.1, 0.15) is 17.6 Å². The highest BCUT2D eigenvalue weighted by molar-refractivity contribution is 6.04. The van der Waals surface area contributed by atoms with Gasteiger partial charge in [-0.25, -0.2) is 13.6 Å². The number of aliphatic carboxylic acids is 1. The lowest BCUT2D eigenvalue weighted by molar-refractivity contribution is -0.162. The van der Waals surface area contributed by atoms with Crippen molar-refractivity contribution in [1.29, 1.82) is 0 Å². The third-order valence-corrected chi connectivity index (χ3v) is 6.31. The Bertz CT molecular complexity index is 1250. The minimum Gasteiger partial charge on any atom is -0.481 e. The van der Waals surface area contributed by atoms with Crippen molar-refractivity contribution in [2.45, 2.75) is 45.3 Å². The number of unbranched alkanes of at least 4 members (excludes halogenated alkanes) is 3. The van der Waals surface area contributed by atoms with Gasteiger partial charge >= 0.3 is 11.9 Å². The van der Waals surface area contributed by atoms with Gasteiger partial charge in [0.05, 0.1) is 13.2 Å². The first-order chi connectivity index (χ1) is 18.7. The molecule has 2 atom stereocenters. The van der Waals surface area contributed by atoms with E-state index in [9.17, 15) is 14.7 Å². The van der Waals surface area contributed by atoms with Gasteiger partial charge in [0.25, 0.3) is 0 Å². The number of carbonyl (C=O) groups excluding carboxylic acids is 1. The summed E-state index contributed by atoms with van der Waals surface area (Å²) in [5, 5.41) is 10.1. The first kappa shape index (κ1) is 29.9. The van der Waals surface area contributed by atoms with Gasteiger partial charge in [-0.05, 0) is 56.9 Å². The molecule has 1 aliphatic carbocycles. The van der Waals surface area contributed by atoms with Crippen molar-refractivity contribution in [3.8, 4) is 0 Å². The number of benzene rings is 2. The highest BCUT2D eigenvalue weighted by Crippen LogP contribution is 2.47. The van der Waals surface area contributed by atoms with Crippen molar-refractivity contribution >= 4 is 23.1 Å². The zero-order valence-electron chi connectivity index (χ0n) is 22.3. The summed E-state index contributed by atoms with van der Waals surface area (Å²) < 4.78 is 47.9. The molecule has 0 aliphatic heterocycles. The van der Waals surface area contributed by atoms with Crippen LogP contribution in [0, 0.1) is 17.6 Å². The van der Waals surface area contributed by atoms with Gasteiger partial charge in [-0.2, -0.15) is 0 Å². The number of halogens is 2. The number of rotatable bonds is 14. The lowest BCUT2D eigenvalue weighted by Crippen LogP contribution is -2.40. The average Bonchev–Trinajstić information content (AvgIpc) is 2.90. The van der Waals surface area contributed by atoms with E-state index in [1.165, 1.54) is 48.6 Å². The first-order valence-electron chi connectivity index (χ1n) is 13.0. The maximum Gasteiger partial charge on any atom is 0.333 e. The fourth-order valence-electron chi connectivity index (χ4n) is 4.50. The second-order valence-electron chi connectivity index (χ2n) is 9.20. The summed E-state index contributed by atoms with van der Waals surface area (Å²) in [7, 11) is 0. The summed E-state index contributed by atoms with van der Waals surface area (Å²) in [6, 6.07) is 11.7. The molecule has 2 aromatic carbocycles. The summed E-state index contributed by atoms with van der Waals surface area (Å²) >= 11 is 0. The molecular formula is C31H34F2O6. The molecule has 0 bridgehead atoms. The Labute approximate surface area is 227 Å². The van der Waals surface area contributed by atoms with Gasteiger partial charge < -0.3 is 19.3 Å². The van der Waals surface area contributed by atoms with Crippen molar-refractivity contribution in [3.63, 3.8) is 0 Å². The second-order valence-corrected chi connectivity index (χ2v) is 9.20. The number of carboxylic acid groups (broad SMARTS) is 1. The van der Waals surface area contributed by atoms with E-state index in [-0.39, 0.29) is 35.5 Å². The Morgan fingerprint density at radius 3 is 2.08 bits per heavy atom. The molecule has 208 valence electrons. The number of ether oxygens (including phenoxy) is 3. The van der Waals surface area contributed by atoms with Gasteiger partial charge in [0.15, 0.2) is 0 Å². The van der Waals surface area contributed by atoms with Crippen LogP contribution in [0.1, 0.15) is 50.7 Å². The predicted octanol–water partition coefficient (Wildman–Crippen LogP) is 6.58. The number of hydrogen-bond donors (Lipinski definition) is 1. The van der Waals surface area contributed by atoms with Crippen LogP contribution in [0.15, 0.2) is 72.8 Å². The normalized spacial score (nSPS) is 18.7. The van der Waals surface area contributed by atoms with Crippen molar-refractivity contribution in [2.75, 3.05) is 19.8 Å². The van der Waals surface area contributed by atoms with Crippen LogP contribution < -0.4 is 0 Å². The largest absolute Gasteiger partial charge is 0.481 e. The van der Waals surface area contributed by atoms with Crippen molar-refractivity contribution in [1.82, 2.24) is 0 Å². The van der Waals surface area contributed by atoms with Crippen LogP contribution in [-0.2, 0) is 23.8 Å². The summed E-state index contributed by atoms with van der Waals surface area (Å²) in [6.45, 7) is 7.55. The minimum atomic E-state index is -1.64. The number of carboxylic acids is 1. The highest BCUT2D eigenvalue weighted by Gasteiger charge is 2.44. The molecule has 39 heavy (non-hydrogen) atoms. The molecule has 0 saturated carbocycles. The smallest absolute Gasteiger partial charge is 0.333 e. The van der Waals surface area contributed by atoms with E-state index in [0.717, 1.165) is 12.8 Å². The number of esters is 1. The Hall–Kier alpha value is -3.62. The van der Waals surface area contributed by atoms with Crippen LogP contribution in [-0.4, -0.2) is 42.7 Å². The Morgan fingerprint density at radius 1 is 0.923 bits per heavy atom. The van der Waals surface area contributed by atoms with Crippen molar-refractivity contribution < 1.29 is 37.7 Å². The molecule has 3 rings (SSSR count). The standard InChI is InChI=1S/C31H34F2O6/c1-4-38-31(39-20-12-6-5-11-19-37-30(36)21(2)3)18-17-24(29(34)35)27(22-13-7-9-15-25(22)32)28(31)23-14-8-10-16-26(23)33/h7-10,13-18,24H,2,4-6,11-12,19-20H2,1,3H3,(H,34,35).